The lowest BCUT2D eigenvalue weighted by Gasteiger charge is -2.11. The Hall–Kier alpha value is -2.04. The van der Waals surface area contributed by atoms with Gasteiger partial charge in [-0.2, -0.15) is 5.10 Å². The first kappa shape index (κ1) is 19.7. The maximum Gasteiger partial charge on any atom is 0.267 e. The SMILES string of the molecule is O=C(Cn1nc(S(=O)(=O)c2ccc(Br)cc2)ccc1=O)NCC1CCCO1. The van der Waals surface area contributed by atoms with Crippen LogP contribution in [0.3, 0.4) is 0 Å². The van der Waals surface area contributed by atoms with E-state index in [0.717, 1.165) is 34.1 Å². The van der Waals surface area contributed by atoms with Crippen LogP contribution in [0.15, 0.2) is 55.6 Å². The van der Waals surface area contributed by atoms with E-state index in [4.69, 9.17) is 4.74 Å². The number of halogens is 1. The molecule has 0 aliphatic carbocycles. The number of nitrogens with zero attached hydrogens (tertiary/aromatic N) is 2. The summed E-state index contributed by atoms with van der Waals surface area (Å²) in [7, 11) is -3.90. The van der Waals surface area contributed by atoms with Gasteiger partial charge in [-0.1, -0.05) is 15.9 Å². The smallest absolute Gasteiger partial charge is 0.267 e. The Morgan fingerprint density at radius 3 is 2.67 bits per heavy atom. The number of aromatic nitrogens is 2. The number of rotatable bonds is 6. The van der Waals surface area contributed by atoms with Gasteiger partial charge in [-0.15, -0.1) is 0 Å². The van der Waals surface area contributed by atoms with Crippen molar-refractivity contribution in [2.75, 3.05) is 13.2 Å². The normalized spacial score (nSPS) is 17.0. The molecule has 27 heavy (non-hydrogen) atoms. The Labute approximate surface area is 164 Å². The molecule has 0 bridgehead atoms. The number of hydrogen-bond acceptors (Lipinski definition) is 6. The molecule has 1 amide bonds. The Kier molecular flexibility index (Phi) is 6.08. The zero-order valence-corrected chi connectivity index (χ0v) is 16.7. The standard InChI is InChI=1S/C17H18BrN3O5S/c18-12-3-5-14(6-4-12)27(24,25)16-7-8-17(23)21(20-16)11-15(22)19-10-13-2-1-9-26-13/h3-8,13H,1-2,9-11H2,(H,19,22). The summed E-state index contributed by atoms with van der Waals surface area (Å²) >= 11 is 3.25. The molecule has 1 saturated heterocycles. The van der Waals surface area contributed by atoms with Crippen LogP contribution in [0.4, 0.5) is 0 Å². The molecular formula is C17H18BrN3O5S. The number of carbonyl (C=O) groups is 1. The molecule has 1 unspecified atom stereocenters. The fourth-order valence-corrected chi connectivity index (χ4v) is 4.10. The third-order valence-corrected chi connectivity index (χ3v) is 6.28. The average Bonchev–Trinajstić information content (AvgIpc) is 3.16. The van der Waals surface area contributed by atoms with Gasteiger partial charge in [0.15, 0.2) is 5.03 Å². The first-order chi connectivity index (χ1) is 12.9. The minimum Gasteiger partial charge on any atom is -0.376 e. The lowest BCUT2D eigenvalue weighted by Crippen LogP contribution is -2.37. The zero-order chi connectivity index (χ0) is 19.4. The van der Waals surface area contributed by atoms with Gasteiger partial charge in [-0.05, 0) is 43.2 Å². The van der Waals surface area contributed by atoms with E-state index in [1.807, 2.05) is 0 Å². The van der Waals surface area contributed by atoms with Crippen LogP contribution in [0.5, 0.6) is 0 Å². The number of nitrogens with one attached hydrogen (secondary N) is 1. The first-order valence-electron chi connectivity index (χ1n) is 8.33. The highest BCUT2D eigenvalue weighted by molar-refractivity contribution is 9.10. The predicted molar refractivity (Wildman–Crippen MR) is 100 cm³/mol. The molecule has 1 aliphatic rings. The molecule has 10 heteroatoms. The summed E-state index contributed by atoms with van der Waals surface area (Å²) in [4.78, 5) is 24.1. The van der Waals surface area contributed by atoms with Crippen LogP contribution in [0.25, 0.3) is 0 Å². The highest BCUT2D eigenvalue weighted by atomic mass is 79.9. The molecule has 1 fully saturated rings. The average molecular weight is 456 g/mol. The van der Waals surface area contributed by atoms with Crippen LogP contribution in [0, 0.1) is 0 Å². The monoisotopic (exact) mass is 455 g/mol. The molecule has 1 aromatic heterocycles. The van der Waals surface area contributed by atoms with Crippen LogP contribution in [-0.4, -0.2) is 43.4 Å². The second kappa shape index (κ2) is 8.32. The molecule has 1 N–H and O–H groups in total. The maximum absolute atomic E-state index is 12.7. The van der Waals surface area contributed by atoms with Gasteiger partial charge in [-0.25, -0.2) is 13.1 Å². The molecule has 0 spiro atoms. The van der Waals surface area contributed by atoms with E-state index < -0.39 is 21.3 Å². The van der Waals surface area contributed by atoms with E-state index in [2.05, 4.69) is 26.3 Å². The van der Waals surface area contributed by atoms with Crippen LogP contribution in [0.1, 0.15) is 12.8 Å². The van der Waals surface area contributed by atoms with Crippen LogP contribution < -0.4 is 10.9 Å². The molecule has 3 rings (SSSR count). The maximum atomic E-state index is 12.7. The van der Waals surface area contributed by atoms with Crippen LogP contribution in [0.2, 0.25) is 0 Å². The van der Waals surface area contributed by atoms with E-state index >= 15 is 0 Å². The van der Waals surface area contributed by atoms with Crippen LogP contribution in [-0.2, 0) is 25.9 Å². The number of carbonyl (C=O) groups excluding carboxylic acids is 1. The number of hydrogen-bond donors (Lipinski definition) is 1. The third kappa shape index (κ3) is 4.82. The zero-order valence-electron chi connectivity index (χ0n) is 14.3. The molecule has 1 aliphatic heterocycles. The van der Waals surface area contributed by atoms with Gasteiger partial charge < -0.3 is 10.1 Å². The first-order valence-corrected chi connectivity index (χ1v) is 10.6. The summed E-state index contributed by atoms with van der Waals surface area (Å²) in [5, 5.41) is 6.26. The Morgan fingerprint density at radius 1 is 1.26 bits per heavy atom. The van der Waals surface area contributed by atoms with Crippen molar-refractivity contribution in [1.82, 2.24) is 15.1 Å². The molecule has 0 saturated carbocycles. The summed E-state index contributed by atoms with van der Waals surface area (Å²) in [5.74, 6) is -0.432. The van der Waals surface area contributed by atoms with Crippen molar-refractivity contribution < 1.29 is 17.9 Å². The second-order valence-corrected chi connectivity index (χ2v) is 8.88. The highest BCUT2D eigenvalue weighted by Crippen LogP contribution is 2.20. The van der Waals surface area contributed by atoms with Gasteiger partial charge in [0.25, 0.3) is 5.56 Å². The van der Waals surface area contributed by atoms with Crippen molar-refractivity contribution in [2.24, 2.45) is 0 Å². The van der Waals surface area contributed by atoms with Crippen molar-refractivity contribution in [1.29, 1.82) is 0 Å². The fourth-order valence-electron chi connectivity index (χ4n) is 2.65. The molecule has 2 heterocycles. The van der Waals surface area contributed by atoms with Crippen molar-refractivity contribution in [3.8, 4) is 0 Å². The highest BCUT2D eigenvalue weighted by Gasteiger charge is 2.21. The Balaban J connectivity index is 1.76. The summed E-state index contributed by atoms with van der Waals surface area (Å²) < 4.78 is 32.4. The second-order valence-electron chi connectivity index (χ2n) is 6.06. The molecule has 2 aromatic rings. The number of amides is 1. The Morgan fingerprint density at radius 2 is 2.00 bits per heavy atom. The van der Waals surface area contributed by atoms with Gasteiger partial charge in [0.1, 0.15) is 6.54 Å². The van der Waals surface area contributed by atoms with Gasteiger partial charge >= 0.3 is 0 Å². The summed E-state index contributed by atoms with van der Waals surface area (Å²) in [6.45, 7) is 0.664. The number of benzene rings is 1. The predicted octanol–water partition coefficient (Wildman–Crippen LogP) is 1.13. The summed E-state index contributed by atoms with van der Waals surface area (Å²) in [6, 6.07) is 8.30. The van der Waals surface area contributed by atoms with E-state index in [1.54, 1.807) is 12.1 Å². The van der Waals surface area contributed by atoms with Crippen molar-refractivity contribution in [2.45, 2.75) is 35.4 Å². The minimum atomic E-state index is -3.90. The summed E-state index contributed by atoms with van der Waals surface area (Å²) in [5.41, 5.74) is -0.558. The quantitative estimate of drug-likeness (QED) is 0.699. The van der Waals surface area contributed by atoms with Crippen molar-refractivity contribution in [3.63, 3.8) is 0 Å². The van der Waals surface area contributed by atoms with Crippen molar-refractivity contribution >= 4 is 31.7 Å². The van der Waals surface area contributed by atoms with Crippen molar-refractivity contribution in [3.05, 3.63) is 51.2 Å². The number of sulfone groups is 1. The number of ether oxygens (including phenoxy) is 1. The Bertz CT molecular complexity index is 982. The van der Waals surface area contributed by atoms with Crippen LogP contribution >= 0.6 is 15.9 Å². The van der Waals surface area contributed by atoms with E-state index in [9.17, 15) is 18.0 Å². The van der Waals surface area contributed by atoms with Gasteiger partial charge in [0.2, 0.25) is 15.7 Å². The summed E-state index contributed by atoms with van der Waals surface area (Å²) in [6.07, 6.45) is 1.81. The molecule has 144 valence electrons. The minimum absolute atomic E-state index is 0.0252. The molecular weight excluding hydrogens is 438 g/mol. The van der Waals surface area contributed by atoms with Gasteiger partial charge in [0, 0.05) is 23.7 Å². The lowest BCUT2D eigenvalue weighted by atomic mass is 10.2. The molecule has 1 atom stereocenters. The van der Waals surface area contributed by atoms with E-state index in [0.29, 0.717) is 13.2 Å². The molecule has 1 aromatic carbocycles. The van der Waals surface area contributed by atoms with E-state index in [-0.39, 0.29) is 22.6 Å². The lowest BCUT2D eigenvalue weighted by molar-refractivity contribution is -0.122. The van der Waals surface area contributed by atoms with Gasteiger partial charge in [-0.3, -0.25) is 9.59 Å². The van der Waals surface area contributed by atoms with E-state index in [1.165, 1.54) is 12.1 Å². The topological polar surface area (TPSA) is 107 Å². The fraction of sp³-hybridized carbons (Fsp3) is 0.353. The largest absolute Gasteiger partial charge is 0.376 e. The molecule has 8 nitrogen and oxygen atoms in total. The van der Waals surface area contributed by atoms with Gasteiger partial charge in [0.05, 0.1) is 11.0 Å². The molecule has 0 radical (unpaired) electrons. The third-order valence-electron chi connectivity index (χ3n) is 4.09.